The molecule has 2 aliphatic rings. The van der Waals surface area contributed by atoms with Crippen LogP contribution in [0.5, 0.6) is 0 Å². The molecule has 0 bridgehead atoms. The third-order valence-electron chi connectivity index (χ3n) is 5.54. The summed E-state index contributed by atoms with van der Waals surface area (Å²) in [5, 5.41) is 4.02. The molecule has 2 fully saturated rings. The van der Waals surface area contributed by atoms with Gasteiger partial charge in [0.1, 0.15) is 5.92 Å². The summed E-state index contributed by atoms with van der Waals surface area (Å²) in [6.07, 6.45) is 3.90. The average molecular weight is 368 g/mol. The van der Waals surface area contributed by atoms with Crippen LogP contribution in [0.15, 0.2) is 34.9 Å². The van der Waals surface area contributed by atoms with Crippen molar-refractivity contribution >= 4 is 17.5 Å². The molecule has 1 aliphatic carbocycles. The van der Waals surface area contributed by atoms with E-state index in [2.05, 4.69) is 10.1 Å². The van der Waals surface area contributed by atoms with Gasteiger partial charge in [-0.05, 0) is 38.3 Å². The van der Waals surface area contributed by atoms with Crippen LogP contribution >= 0.6 is 0 Å². The number of para-hydroxylation sites is 1. The first kappa shape index (κ1) is 17.7. The minimum atomic E-state index is -0.636. The Morgan fingerprint density at radius 1 is 1.26 bits per heavy atom. The molecule has 1 aliphatic heterocycles. The first-order valence-corrected chi connectivity index (χ1v) is 9.65. The lowest BCUT2D eigenvalue weighted by molar-refractivity contribution is -0.140. The van der Waals surface area contributed by atoms with Crippen molar-refractivity contribution in [1.29, 1.82) is 0 Å². The van der Waals surface area contributed by atoms with Crippen LogP contribution in [-0.2, 0) is 16.1 Å². The number of anilines is 1. The highest BCUT2D eigenvalue weighted by Crippen LogP contribution is 2.35. The van der Waals surface area contributed by atoms with E-state index >= 15 is 0 Å². The second-order valence-corrected chi connectivity index (χ2v) is 7.20. The summed E-state index contributed by atoms with van der Waals surface area (Å²) in [5.74, 6) is 0.629. The Balaban J connectivity index is 1.42. The highest BCUT2D eigenvalue weighted by molar-refractivity contribution is 6.09. The van der Waals surface area contributed by atoms with Crippen molar-refractivity contribution in [1.82, 2.24) is 15.0 Å². The van der Waals surface area contributed by atoms with E-state index in [0.29, 0.717) is 37.1 Å². The van der Waals surface area contributed by atoms with E-state index < -0.39 is 5.92 Å². The summed E-state index contributed by atoms with van der Waals surface area (Å²) in [5.41, 5.74) is 0.837. The third-order valence-corrected chi connectivity index (χ3v) is 5.54. The van der Waals surface area contributed by atoms with Crippen molar-refractivity contribution in [2.24, 2.45) is 5.92 Å². The smallest absolute Gasteiger partial charge is 0.239 e. The summed E-state index contributed by atoms with van der Waals surface area (Å²) < 4.78 is 5.34. The first-order chi connectivity index (χ1) is 13.2. The molecule has 0 N–H and O–H groups in total. The molecule has 4 rings (SSSR count). The predicted molar refractivity (Wildman–Crippen MR) is 98.9 cm³/mol. The van der Waals surface area contributed by atoms with Crippen molar-refractivity contribution in [3.8, 4) is 0 Å². The number of carbonyl (C=O) groups is 2. The Morgan fingerprint density at radius 3 is 2.70 bits per heavy atom. The maximum atomic E-state index is 13.0. The van der Waals surface area contributed by atoms with Crippen LogP contribution in [0.2, 0.25) is 0 Å². The quantitative estimate of drug-likeness (QED) is 0.733. The van der Waals surface area contributed by atoms with Crippen LogP contribution in [0.25, 0.3) is 0 Å². The van der Waals surface area contributed by atoms with Crippen molar-refractivity contribution in [3.63, 3.8) is 0 Å². The van der Waals surface area contributed by atoms with Crippen LogP contribution in [0.1, 0.15) is 50.2 Å². The van der Waals surface area contributed by atoms with E-state index in [1.165, 1.54) is 6.42 Å². The number of hydrogen-bond donors (Lipinski definition) is 0. The molecule has 1 saturated carbocycles. The number of rotatable bonds is 6. The van der Waals surface area contributed by atoms with Gasteiger partial charge in [0.25, 0.3) is 0 Å². The van der Waals surface area contributed by atoms with Gasteiger partial charge in [-0.3, -0.25) is 9.59 Å². The van der Waals surface area contributed by atoms with Gasteiger partial charge in [0.2, 0.25) is 17.7 Å². The zero-order valence-electron chi connectivity index (χ0n) is 15.5. The fraction of sp³-hybridized carbons (Fsp3) is 0.500. The summed E-state index contributed by atoms with van der Waals surface area (Å²) in [6.45, 7) is 3.24. The second kappa shape index (κ2) is 7.50. The number of hydrogen-bond acceptors (Lipinski definition) is 5. The molecule has 1 saturated heterocycles. The maximum Gasteiger partial charge on any atom is 0.239 e. The van der Waals surface area contributed by atoms with E-state index in [4.69, 9.17) is 4.52 Å². The normalized spacial score (nSPS) is 20.0. The average Bonchev–Trinajstić information content (AvgIpc) is 3.25. The molecule has 1 atom stereocenters. The Kier molecular flexibility index (Phi) is 4.92. The Labute approximate surface area is 158 Å². The van der Waals surface area contributed by atoms with E-state index in [0.717, 1.165) is 18.5 Å². The molecule has 2 heterocycles. The standard InChI is InChI=1S/C20H24N4O3/c1-2-23(13-17-21-18(27-22-17)14-7-6-8-14)19(25)16-11-12-24(20(16)26)15-9-4-3-5-10-15/h3-5,9-10,14,16H,2,6-8,11-13H2,1H3. The minimum Gasteiger partial charge on any atom is -0.339 e. The lowest BCUT2D eigenvalue weighted by atomic mass is 9.85. The topological polar surface area (TPSA) is 79.5 Å². The monoisotopic (exact) mass is 368 g/mol. The first-order valence-electron chi connectivity index (χ1n) is 9.65. The fourth-order valence-corrected chi connectivity index (χ4v) is 3.66. The molecular formula is C20H24N4O3. The Hall–Kier alpha value is -2.70. The summed E-state index contributed by atoms with van der Waals surface area (Å²) in [4.78, 5) is 33.5. The third kappa shape index (κ3) is 3.46. The summed E-state index contributed by atoms with van der Waals surface area (Å²) in [6, 6.07) is 9.49. The number of carbonyl (C=O) groups excluding carboxylic acids is 2. The molecule has 2 amide bonds. The van der Waals surface area contributed by atoms with E-state index in [1.54, 1.807) is 9.80 Å². The van der Waals surface area contributed by atoms with Crippen molar-refractivity contribution in [2.75, 3.05) is 18.0 Å². The summed E-state index contributed by atoms with van der Waals surface area (Å²) >= 11 is 0. The second-order valence-electron chi connectivity index (χ2n) is 7.20. The predicted octanol–water partition coefficient (Wildman–Crippen LogP) is 2.74. The van der Waals surface area contributed by atoms with Gasteiger partial charge in [0.05, 0.1) is 6.54 Å². The Morgan fingerprint density at radius 2 is 2.04 bits per heavy atom. The van der Waals surface area contributed by atoms with Gasteiger partial charge < -0.3 is 14.3 Å². The molecule has 27 heavy (non-hydrogen) atoms. The molecule has 1 aromatic heterocycles. The molecule has 2 aromatic rings. The van der Waals surface area contributed by atoms with Gasteiger partial charge in [-0.25, -0.2) is 0 Å². The van der Waals surface area contributed by atoms with Gasteiger partial charge in [0, 0.05) is 24.7 Å². The maximum absolute atomic E-state index is 13.0. The van der Waals surface area contributed by atoms with Crippen LogP contribution in [0.3, 0.4) is 0 Å². The molecule has 7 nitrogen and oxygen atoms in total. The van der Waals surface area contributed by atoms with Crippen LogP contribution in [0.4, 0.5) is 5.69 Å². The lowest BCUT2D eigenvalue weighted by Gasteiger charge is -2.23. The van der Waals surface area contributed by atoms with E-state index in [9.17, 15) is 9.59 Å². The van der Waals surface area contributed by atoms with Gasteiger partial charge in [-0.15, -0.1) is 0 Å². The SMILES string of the molecule is CCN(Cc1noc(C2CCC2)n1)C(=O)C1CCN(c2ccccc2)C1=O. The zero-order chi connectivity index (χ0) is 18.8. The Bertz CT molecular complexity index is 816. The molecule has 0 radical (unpaired) electrons. The number of nitrogens with zero attached hydrogens (tertiary/aromatic N) is 4. The van der Waals surface area contributed by atoms with Gasteiger partial charge in [-0.2, -0.15) is 4.98 Å². The van der Waals surface area contributed by atoms with Crippen molar-refractivity contribution < 1.29 is 14.1 Å². The van der Waals surface area contributed by atoms with Gasteiger partial charge in [-0.1, -0.05) is 29.8 Å². The summed E-state index contributed by atoms with van der Waals surface area (Å²) in [7, 11) is 0. The highest BCUT2D eigenvalue weighted by Gasteiger charge is 2.39. The highest BCUT2D eigenvalue weighted by atomic mass is 16.5. The fourth-order valence-electron chi connectivity index (χ4n) is 3.66. The number of benzene rings is 1. The van der Waals surface area contributed by atoms with E-state index in [-0.39, 0.29) is 18.4 Å². The number of aromatic nitrogens is 2. The molecule has 142 valence electrons. The van der Waals surface area contributed by atoms with E-state index in [1.807, 2.05) is 37.3 Å². The number of amides is 2. The van der Waals surface area contributed by atoms with Crippen molar-refractivity contribution in [2.45, 2.75) is 45.1 Å². The van der Waals surface area contributed by atoms with Crippen LogP contribution in [0, 0.1) is 5.92 Å². The largest absolute Gasteiger partial charge is 0.339 e. The molecular weight excluding hydrogens is 344 g/mol. The van der Waals surface area contributed by atoms with Crippen LogP contribution in [-0.4, -0.2) is 39.9 Å². The van der Waals surface area contributed by atoms with Crippen LogP contribution < -0.4 is 4.90 Å². The zero-order valence-corrected chi connectivity index (χ0v) is 15.5. The molecule has 7 heteroatoms. The molecule has 1 unspecified atom stereocenters. The van der Waals surface area contributed by atoms with Gasteiger partial charge >= 0.3 is 0 Å². The molecule has 0 spiro atoms. The lowest BCUT2D eigenvalue weighted by Crippen LogP contribution is -2.40. The minimum absolute atomic E-state index is 0.132. The molecule has 1 aromatic carbocycles. The van der Waals surface area contributed by atoms with Crippen molar-refractivity contribution in [3.05, 3.63) is 42.0 Å². The van der Waals surface area contributed by atoms with Gasteiger partial charge in [0.15, 0.2) is 5.82 Å².